The lowest BCUT2D eigenvalue weighted by Crippen LogP contribution is -2.18. The van der Waals surface area contributed by atoms with Crippen molar-refractivity contribution in [2.45, 2.75) is 31.7 Å². The van der Waals surface area contributed by atoms with Crippen LogP contribution in [0.25, 0.3) is 0 Å². The molecule has 9 heteroatoms. The van der Waals surface area contributed by atoms with Crippen molar-refractivity contribution < 1.29 is 31.1 Å². The molecule has 0 fully saturated rings. The van der Waals surface area contributed by atoms with Crippen LogP contribution in [0.4, 0.5) is 32.0 Å². The van der Waals surface area contributed by atoms with Gasteiger partial charge in [-0.25, -0.2) is 0 Å². The molecular weight excluding hydrogens is 302 g/mol. The van der Waals surface area contributed by atoms with Gasteiger partial charge in [0.2, 0.25) is 5.91 Å². The first-order valence-corrected chi connectivity index (χ1v) is 5.79. The maximum Gasteiger partial charge on any atom is 0.416 e. The van der Waals surface area contributed by atoms with E-state index in [0.29, 0.717) is 6.07 Å². The molecule has 0 aliphatic rings. The fourth-order valence-electron chi connectivity index (χ4n) is 1.57. The van der Waals surface area contributed by atoms with E-state index in [1.54, 1.807) is 0 Å². The van der Waals surface area contributed by atoms with E-state index in [9.17, 15) is 31.1 Å². The largest absolute Gasteiger partial charge is 0.416 e. The molecule has 1 aromatic carbocycles. The third kappa shape index (κ3) is 5.62. The lowest BCUT2D eigenvalue weighted by Gasteiger charge is -2.14. The monoisotopic (exact) mass is 314 g/mol. The first kappa shape index (κ1) is 17.3. The highest BCUT2D eigenvalue weighted by Crippen LogP contribution is 2.33. The van der Waals surface area contributed by atoms with Gasteiger partial charge in [-0.1, -0.05) is 6.07 Å². The van der Waals surface area contributed by atoms with Crippen LogP contribution in [-0.4, -0.2) is 12.1 Å². The number of benzene rings is 1. The molecule has 0 aromatic heterocycles. The van der Waals surface area contributed by atoms with Gasteiger partial charge in [0.15, 0.2) is 0 Å². The SMILES string of the molecule is NCc1ccc(NC(=O)CCC(F)(F)F)cc1C(F)(F)F. The number of hydrogen-bond donors (Lipinski definition) is 2. The molecule has 0 unspecified atom stereocenters. The number of nitrogens with two attached hydrogens (primary N) is 1. The number of rotatable bonds is 4. The number of anilines is 1. The fourth-order valence-corrected chi connectivity index (χ4v) is 1.57. The number of carbonyl (C=O) groups is 1. The second kappa shape index (κ2) is 6.33. The van der Waals surface area contributed by atoms with Crippen LogP contribution in [0, 0.1) is 0 Å². The Morgan fingerprint density at radius 2 is 1.76 bits per heavy atom. The van der Waals surface area contributed by atoms with Gasteiger partial charge in [0, 0.05) is 18.7 Å². The van der Waals surface area contributed by atoms with Crippen molar-refractivity contribution >= 4 is 11.6 Å². The Hall–Kier alpha value is -1.77. The maximum absolute atomic E-state index is 12.7. The Bertz CT molecular complexity index is 509. The van der Waals surface area contributed by atoms with E-state index >= 15 is 0 Å². The molecule has 118 valence electrons. The van der Waals surface area contributed by atoms with Gasteiger partial charge in [-0.05, 0) is 17.7 Å². The smallest absolute Gasteiger partial charge is 0.326 e. The van der Waals surface area contributed by atoms with Crippen LogP contribution in [0.2, 0.25) is 0 Å². The Balaban J connectivity index is 2.83. The lowest BCUT2D eigenvalue weighted by molar-refractivity contribution is -0.142. The first-order valence-electron chi connectivity index (χ1n) is 5.79. The molecule has 3 N–H and O–H groups in total. The third-order valence-corrected chi connectivity index (χ3v) is 2.55. The molecule has 0 heterocycles. The Morgan fingerprint density at radius 1 is 1.14 bits per heavy atom. The molecule has 0 saturated heterocycles. The molecule has 0 radical (unpaired) electrons. The van der Waals surface area contributed by atoms with E-state index in [4.69, 9.17) is 5.73 Å². The number of halogens is 6. The number of alkyl halides is 6. The number of hydrogen-bond acceptors (Lipinski definition) is 2. The predicted octanol–water partition coefficient (Wildman–Crippen LogP) is 3.45. The quantitative estimate of drug-likeness (QED) is 0.836. The van der Waals surface area contributed by atoms with Gasteiger partial charge in [-0.3, -0.25) is 4.79 Å². The van der Waals surface area contributed by atoms with Gasteiger partial charge in [0.05, 0.1) is 12.0 Å². The molecule has 1 amide bonds. The lowest BCUT2D eigenvalue weighted by atomic mass is 10.1. The third-order valence-electron chi connectivity index (χ3n) is 2.55. The molecule has 1 rings (SSSR count). The molecule has 3 nitrogen and oxygen atoms in total. The van der Waals surface area contributed by atoms with Gasteiger partial charge in [-0.2, -0.15) is 26.3 Å². The zero-order chi connectivity index (χ0) is 16.3. The van der Waals surface area contributed by atoms with Gasteiger partial charge in [0.1, 0.15) is 0 Å². The van der Waals surface area contributed by atoms with Crippen molar-refractivity contribution in [3.63, 3.8) is 0 Å². The molecule has 1 aromatic rings. The minimum absolute atomic E-state index is 0.171. The van der Waals surface area contributed by atoms with Gasteiger partial charge >= 0.3 is 12.4 Å². The van der Waals surface area contributed by atoms with Crippen LogP contribution < -0.4 is 11.1 Å². The molecule has 0 bridgehead atoms. The van der Waals surface area contributed by atoms with Gasteiger partial charge in [-0.15, -0.1) is 0 Å². The van der Waals surface area contributed by atoms with Crippen molar-refractivity contribution in [1.29, 1.82) is 0 Å². The first-order chi connectivity index (χ1) is 9.53. The summed E-state index contributed by atoms with van der Waals surface area (Å²) in [6.45, 7) is -0.350. The van der Waals surface area contributed by atoms with Gasteiger partial charge < -0.3 is 11.1 Å². The van der Waals surface area contributed by atoms with Crippen LogP contribution in [-0.2, 0) is 17.5 Å². The van der Waals surface area contributed by atoms with Crippen LogP contribution >= 0.6 is 0 Å². The van der Waals surface area contributed by atoms with Gasteiger partial charge in [0.25, 0.3) is 0 Å². The summed E-state index contributed by atoms with van der Waals surface area (Å²) < 4.78 is 74.0. The minimum Gasteiger partial charge on any atom is -0.326 e. The summed E-state index contributed by atoms with van der Waals surface area (Å²) in [7, 11) is 0. The highest BCUT2D eigenvalue weighted by Gasteiger charge is 2.33. The molecule has 0 saturated carbocycles. The molecule has 0 aliphatic heterocycles. The summed E-state index contributed by atoms with van der Waals surface area (Å²) in [6, 6.07) is 2.87. The van der Waals surface area contributed by atoms with Crippen LogP contribution in [0.5, 0.6) is 0 Å². The standard InChI is InChI=1S/C12H12F6N2O/c13-11(14,15)4-3-10(21)20-8-2-1-7(6-19)9(5-8)12(16,17)18/h1-2,5H,3-4,6,19H2,(H,20,21). The second-order valence-corrected chi connectivity index (χ2v) is 4.24. The normalized spacial score (nSPS) is 12.3. The molecule has 21 heavy (non-hydrogen) atoms. The summed E-state index contributed by atoms with van der Waals surface area (Å²) in [5.74, 6) is -1.01. The highest BCUT2D eigenvalue weighted by molar-refractivity contribution is 5.90. The summed E-state index contributed by atoms with van der Waals surface area (Å²) in [4.78, 5) is 11.3. The zero-order valence-corrected chi connectivity index (χ0v) is 10.6. The van der Waals surface area contributed by atoms with Crippen LogP contribution in [0.1, 0.15) is 24.0 Å². The Labute approximate surface area is 116 Å². The fraction of sp³-hybridized carbons (Fsp3) is 0.417. The van der Waals surface area contributed by atoms with E-state index in [1.807, 2.05) is 5.32 Å². The predicted molar refractivity (Wildman–Crippen MR) is 63.3 cm³/mol. The van der Waals surface area contributed by atoms with E-state index in [0.717, 1.165) is 12.1 Å². The van der Waals surface area contributed by atoms with Crippen molar-refractivity contribution in [1.82, 2.24) is 0 Å². The van der Waals surface area contributed by atoms with E-state index in [-0.39, 0.29) is 17.8 Å². The average molecular weight is 314 g/mol. The number of nitrogens with one attached hydrogen (secondary N) is 1. The Kier molecular flexibility index (Phi) is 5.21. The summed E-state index contributed by atoms with van der Waals surface area (Å²) in [5, 5.41) is 2.00. The minimum atomic E-state index is -4.67. The highest BCUT2D eigenvalue weighted by atomic mass is 19.4. The second-order valence-electron chi connectivity index (χ2n) is 4.24. The topological polar surface area (TPSA) is 55.1 Å². The molecule has 0 spiro atoms. The Morgan fingerprint density at radius 3 is 2.24 bits per heavy atom. The number of amides is 1. The summed E-state index contributed by atoms with van der Waals surface area (Å²) in [5.41, 5.74) is 3.75. The van der Waals surface area contributed by atoms with Crippen LogP contribution in [0.3, 0.4) is 0 Å². The van der Waals surface area contributed by atoms with E-state index in [1.165, 1.54) is 0 Å². The van der Waals surface area contributed by atoms with Crippen molar-refractivity contribution in [3.05, 3.63) is 29.3 Å². The molecular formula is C12H12F6N2O. The summed E-state index contributed by atoms with van der Waals surface area (Å²) in [6.07, 6.45) is -11.4. The maximum atomic E-state index is 12.7. The van der Waals surface area contributed by atoms with E-state index < -0.39 is 36.7 Å². The molecule has 0 atom stereocenters. The van der Waals surface area contributed by atoms with Crippen LogP contribution in [0.15, 0.2) is 18.2 Å². The van der Waals surface area contributed by atoms with Crippen molar-refractivity contribution in [2.75, 3.05) is 5.32 Å². The zero-order valence-electron chi connectivity index (χ0n) is 10.6. The van der Waals surface area contributed by atoms with Crippen molar-refractivity contribution in [2.24, 2.45) is 5.73 Å². The number of carbonyl (C=O) groups excluding carboxylic acids is 1. The van der Waals surface area contributed by atoms with E-state index in [2.05, 4.69) is 0 Å². The summed E-state index contributed by atoms with van der Waals surface area (Å²) >= 11 is 0. The van der Waals surface area contributed by atoms with Crippen molar-refractivity contribution in [3.8, 4) is 0 Å². The molecule has 0 aliphatic carbocycles. The average Bonchev–Trinajstić information content (AvgIpc) is 2.34.